The molecule has 8 heteroatoms. The van der Waals surface area contributed by atoms with Crippen LogP contribution in [-0.4, -0.2) is 73.3 Å². The molecule has 7 nitrogen and oxygen atoms in total. The first kappa shape index (κ1) is 29.8. The van der Waals surface area contributed by atoms with Gasteiger partial charge in [0, 0.05) is 24.7 Å². The van der Waals surface area contributed by atoms with Crippen LogP contribution in [0.5, 0.6) is 11.5 Å². The second kappa shape index (κ2) is 11.2. The van der Waals surface area contributed by atoms with Crippen molar-refractivity contribution >= 4 is 10.0 Å². The lowest BCUT2D eigenvalue weighted by Crippen LogP contribution is -2.78. The maximum Gasteiger partial charge on any atom is 0.218 e. The van der Waals surface area contributed by atoms with Gasteiger partial charge in [0.1, 0.15) is 6.10 Å². The van der Waals surface area contributed by atoms with Gasteiger partial charge < -0.3 is 14.6 Å². The fourth-order valence-electron chi connectivity index (χ4n) is 8.92. The summed E-state index contributed by atoms with van der Waals surface area (Å²) in [4.78, 5) is 2.48. The monoisotopic (exact) mass is 616 g/mol. The molecule has 3 aromatic rings. The Hall–Kier alpha value is -2.91. The van der Waals surface area contributed by atoms with E-state index in [-0.39, 0.29) is 17.7 Å². The summed E-state index contributed by atoms with van der Waals surface area (Å²) in [5.41, 5.74) is 2.56. The minimum Gasteiger partial charge on any atom is -0.493 e. The topological polar surface area (TPSA) is 79.3 Å². The molecule has 1 saturated heterocycles. The molecule has 0 amide bonds. The van der Waals surface area contributed by atoms with E-state index in [2.05, 4.69) is 49.1 Å². The number of sulfonamides is 1. The Bertz CT molecular complexity index is 1610. The molecule has 7 rings (SSSR count). The number of rotatable bonds is 10. The summed E-state index contributed by atoms with van der Waals surface area (Å²) in [6, 6.07) is 23.6. The maximum absolute atomic E-state index is 14.3. The van der Waals surface area contributed by atoms with Crippen molar-refractivity contribution in [2.24, 2.45) is 5.92 Å². The van der Waals surface area contributed by atoms with Crippen LogP contribution in [0.2, 0.25) is 0 Å². The number of aliphatic hydroxyl groups is 1. The smallest absolute Gasteiger partial charge is 0.218 e. The van der Waals surface area contributed by atoms with Crippen molar-refractivity contribution in [2.45, 2.75) is 80.9 Å². The number of hydrogen-bond donors (Lipinski definition) is 1. The Morgan fingerprint density at radius 1 is 1.02 bits per heavy atom. The van der Waals surface area contributed by atoms with E-state index >= 15 is 0 Å². The van der Waals surface area contributed by atoms with Gasteiger partial charge in [-0.25, -0.2) is 8.42 Å². The molecule has 2 aliphatic heterocycles. The van der Waals surface area contributed by atoms with E-state index in [4.69, 9.17) is 9.47 Å². The minimum atomic E-state index is -3.69. The zero-order chi connectivity index (χ0) is 30.7. The second-order valence-corrected chi connectivity index (χ2v) is 15.5. The third-order valence-corrected chi connectivity index (χ3v) is 12.6. The van der Waals surface area contributed by atoms with Gasteiger partial charge in [0.05, 0.1) is 29.9 Å². The largest absolute Gasteiger partial charge is 0.493 e. The number of methoxy groups -OCH3 is 1. The van der Waals surface area contributed by atoms with E-state index in [9.17, 15) is 13.5 Å². The van der Waals surface area contributed by atoms with Crippen LogP contribution in [0.25, 0.3) is 0 Å². The Morgan fingerprint density at radius 2 is 1.73 bits per heavy atom. The molecule has 2 aliphatic carbocycles. The van der Waals surface area contributed by atoms with Crippen LogP contribution in [0.15, 0.2) is 72.8 Å². The van der Waals surface area contributed by atoms with Crippen molar-refractivity contribution in [3.8, 4) is 11.5 Å². The molecule has 5 atom stereocenters. The first-order chi connectivity index (χ1) is 21.2. The molecular weight excluding hydrogens is 572 g/mol. The molecule has 0 unspecified atom stereocenters. The van der Waals surface area contributed by atoms with Gasteiger partial charge in [-0.15, -0.1) is 0 Å². The first-order valence-electron chi connectivity index (χ1n) is 16.1. The molecule has 0 radical (unpaired) electrons. The van der Waals surface area contributed by atoms with Crippen LogP contribution in [0.3, 0.4) is 0 Å². The highest BCUT2D eigenvalue weighted by atomic mass is 32.2. The molecule has 234 valence electrons. The van der Waals surface area contributed by atoms with Crippen molar-refractivity contribution in [2.75, 3.05) is 26.7 Å². The Balaban J connectivity index is 1.30. The lowest BCUT2D eigenvalue weighted by Gasteiger charge is -2.64. The molecule has 4 aliphatic rings. The van der Waals surface area contributed by atoms with Crippen LogP contribution in [0, 0.1) is 5.92 Å². The third-order valence-electron chi connectivity index (χ3n) is 10.7. The summed E-state index contributed by atoms with van der Waals surface area (Å²) < 4.78 is 43.0. The summed E-state index contributed by atoms with van der Waals surface area (Å²) in [5.74, 6) is 1.42. The standard InChI is InChI=1S/C36H44N2O5S/c1-25(2)23-38(44(40,41)24-27-12-8-5-9-13-27)29-16-18-36(39)31-22-28-14-15-30(42-3)33-32(28)35(36,34(29)43-33)19-21-37(31)20-17-26-10-6-4-7-11-26/h4-15,25,29,31,34,39H,16-24H2,1-3H3/t29-,31-,34+,35+,36-/m1/s1. The molecule has 1 saturated carbocycles. The fourth-order valence-corrected chi connectivity index (χ4v) is 10.9. The molecule has 1 N–H and O–H groups in total. The van der Waals surface area contributed by atoms with Crippen LogP contribution in [0.1, 0.15) is 55.4 Å². The zero-order valence-electron chi connectivity index (χ0n) is 26.0. The Kier molecular flexibility index (Phi) is 7.55. The number of benzene rings is 3. The van der Waals surface area contributed by atoms with Gasteiger partial charge in [-0.3, -0.25) is 4.90 Å². The quantitative estimate of drug-likeness (QED) is 0.348. The van der Waals surface area contributed by atoms with Crippen molar-refractivity contribution < 1.29 is 23.0 Å². The molecule has 3 aromatic carbocycles. The fraction of sp³-hybridized carbons (Fsp3) is 0.500. The Morgan fingerprint density at radius 3 is 2.41 bits per heavy atom. The minimum absolute atomic E-state index is 0.0571. The van der Waals surface area contributed by atoms with Crippen LogP contribution in [0.4, 0.5) is 0 Å². The average molecular weight is 617 g/mol. The lowest BCUT2D eigenvalue weighted by atomic mass is 9.48. The van der Waals surface area contributed by atoms with E-state index in [0.29, 0.717) is 37.3 Å². The molecule has 1 spiro atoms. The summed E-state index contributed by atoms with van der Waals surface area (Å²) in [7, 11) is -2.04. The maximum atomic E-state index is 14.3. The molecular formula is C36H44N2O5S. The third kappa shape index (κ3) is 4.60. The van der Waals surface area contributed by atoms with Gasteiger partial charge in [-0.2, -0.15) is 4.31 Å². The van der Waals surface area contributed by atoms with Crippen LogP contribution in [-0.2, 0) is 34.0 Å². The van der Waals surface area contributed by atoms with E-state index in [0.717, 1.165) is 37.1 Å². The zero-order valence-corrected chi connectivity index (χ0v) is 26.8. The molecule has 44 heavy (non-hydrogen) atoms. The molecule has 0 aromatic heterocycles. The number of ether oxygens (including phenoxy) is 2. The van der Waals surface area contributed by atoms with Crippen LogP contribution >= 0.6 is 0 Å². The Labute approximate surface area is 261 Å². The van der Waals surface area contributed by atoms with Crippen LogP contribution < -0.4 is 9.47 Å². The van der Waals surface area contributed by atoms with E-state index < -0.39 is 33.2 Å². The highest BCUT2D eigenvalue weighted by molar-refractivity contribution is 7.88. The number of hydrogen-bond acceptors (Lipinski definition) is 6. The molecule has 2 heterocycles. The predicted octanol–water partition coefficient (Wildman–Crippen LogP) is 4.95. The summed E-state index contributed by atoms with van der Waals surface area (Å²) in [6.07, 6.45) is 2.92. The summed E-state index contributed by atoms with van der Waals surface area (Å²) in [6.45, 7) is 6.22. The van der Waals surface area contributed by atoms with E-state index in [1.54, 1.807) is 11.4 Å². The molecule has 2 fully saturated rings. The number of piperidine rings is 1. The second-order valence-electron chi connectivity index (χ2n) is 13.6. The van der Waals surface area contributed by atoms with Crippen molar-refractivity contribution in [3.63, 3.8) is 0 Å². The highest BCUT2D eigenvalue weighted by Gasteiger charge is 2.73. The van der Waals surface area contributed by atoms with Gasteiger partial charge in [0.15, 0.2) is 11.5 Å². The summed E-state index contributed by atoms with van der Waals surface area (Å²) in [5, 5.41) is 13.0. The summed E-state index contributed by atoms with van der Waals surface area (Å²) >= 11 is 0. The lowest BCUT2D eigenvalue weighted by molar-refractivity contribution is -0.196. The highest BCUT2D eigenvalue weighted by Crippen LogP contribution is 2.66. The van der Waals surface area contributed by atoms with Crippen molar-refractivity contribution in [3.05, 3.63) is 95.1 Å². The van der Waals surface area contributed by atoms with Gasteiger partial charge in [-0.1, -0.05) is 80.6 Å². The SMILES string of the molecule is COc1ccc2c3c1O[C@H]1[C@H](N(CC(C)C)S(=O)(=O)Cc4ccccc4)CC[C@@]4(O)[C@@H](C2)N(CCc2ccccc2)CC[C@]314. The van der Waals surface area contributed by atoms with Gasteiger partial charge in [0.2, 0.25) is 10.0 Å². The predicted molar refractivity (Wildman–Crippen MR) is 171 cm³/mol. The van der Waals surface area contributed by atoms with Gasteiger partial charge in [0.25, 0.3) is 0 Å². The van der Waals surface area contributed by atoms with Crippen molar-refractivity contribution in [1.82, 2.24) is 9.21 Å². The van der Waals surface area contributed by atoms with E-state index in [1.165, 1.54) is 11.1 Å². The normalized spacial score (nSPS) is 29.0. The number of likely N-dealkylation sites (tertiary alicyclic amines) is 1. The van der Waals surface area contributed by atoms with Gasteiger partial charge >= 0.3 is 0 Å². The van der Waals surface area contributed by atoms with E-state index in [1.807, 2.05) is 42.5 Å². The molecule has 2 bridgehead atoms. The average Bonchev–Trinajstić information content (AvgIpc) is 3.36. The first-order valence-corrected chi connectivity index (χ1v) is 17.7. The number of nitrogens with zero attached hydrogens (tertiary/aromatic N) is 2. The van der Waals surface area contributed by atoms with Crippen molar-refractivity contribution in [1.29, 1.82) is 0 Å². The van der Waals surface area contributed by atoms with Gasteiger partial charge in [-0.05, 0) is 67.3 Å².